The molecule has 120 valence electrons. The van der Waals surface area contributed by atoms with Crippen LogP contribution in [0.3, 0.4) is 0 Å². The number of ether oxygens (including phenoxy) is 1. The van der Waals surface area contributed by atoms with Crippen molar-refractivity contribution in [3.63, 3.8) is 0 Å². The van der Waals surface area contributed by atoms with E-state index in [0.29, 0.717) is 0 Å². The second kappa shape index (κ2) is 16.1. The predicted octanol–water partition coefficient (Wildman–Crippen LogP) is 2.55. The van der Waals surface area contributed by atoms with E-state index < -0.39 is 0 Å². The Morgan fingerprint density at radius 2 is 2.00 bits per heavy atom. The van der Waals surface area contributed by atoms with E-state index in [-0.39, 0.29) is 6.10 Å². The molecule has 0 heterocycles. The van der Waals surface area contributed by atoms with E-state index in [4.69, 9.17) is 10.6 Å². The fraction of sp³-hybridized carbons (Fsp3) is 0.867. The van der Waals surface area contributed by atoms with Crippen molar-refractivity contribution in [1.82, 2.24) is 4.90 Å². The molecule has 0 unspecified atom stereocenters. The van der Waals surface area contributed by atoms with Crippen molar-refractivity contribution in [3.8, 4) is 0 Å². The van der Waals surface area contributed by atoms with Crippen molar-refractivity contribution < 1.29 is 4.74 Å². The summed E-state index contributed by atoms with van der Waals surface area (Å²) in [6.07, 6.45) is 4.11. The molecule has 0 bridgehead atoms. The van der Waals surface area contributed by atoms with E-state index in [9.17, 15) is 0 Å². The van der Waals surface area contributed by atoms with E-state index in [1.165, 1.54) is 0 Å². The van der Waals surface area contributed by atoms with Gasteiger partial charge in [-0.2, -0.15) is 5.10 Å². The normalized spacial score (nSPS) is 12.1. The molecule has 0 aromatic rings. The Balaban J connectivity index is 0. The summed E-state index contributed by atoms with van der Waals surface area (Å²) in [6.45, 7) is 13.5. The lowest BCUT2D eigenvalue weighted by atomic mass is 10.3. The Bertz CT molecular complexity index is 252. The zero-order chi connectivity index (χ0) is 15.8. The first-order valence-electron chi connectivity index (χ1n) is 7.66. The van der Waals surface area contributed by atoms with Gasteiger partial charge in [-0.3, -0.25) is 4.99 Å². The molecule has 2 N–H and O–H groups in total. The number of hydrazone groups is 1. The van der Waals surface area contributed by atoms with Gasteiger partial charge < -0.3 is 15.5 Å². The maximum Gasteiger partial charge on any atom is 0.0918 e. The number of rotatable bonds is 10. The summed E-state index contributed by atoms with van der Waals surface area (Å²) in [5, 5.41) is 3.75. The molecule has 0 aliphatic heterocycles. The van der Waals surface area contributed by atoms with Gasteiger partial charge in [-0.1, -0.05) is 20.8 Å². The quantitative estimate of drug-likeness (QED) is 0.290. The molecule has 0 radical (unpaired) electrons. The number of nitrogens with two attached hydrogens (primary N) is 1. The van der Waals surface area contributed by atoms with Crippen LogP contribution in [0, 0.1) is 0 Å². The minimum Gasteiger partial charge on any atom is -0.379 e. The molecule has 0 amide bonds. The Hall–Kier alpha value is -0.940. The van der Waals surface area contributed by atoms with Gasteiger partial charge in [-0.05, 0) is 40.3 Å². The van der Waals surface area contributed by atoms with Gasteiger partial charge >= 0.3 is 0 Å². The van der Waals surface area contributed by atoms with Crippen molar-refractivity contribution in [1.29, 1.82) is 0 Å². The largest absolute Gasteiger partial charge is 0.379 e. The summed E-state index contributed by atoms with van der Waals surface area (Å²) in [5.41, 5.74) is 0.815. The number of hydrogen-bond acceptors (Lipinski definition) is 5. The molecule has 0 fully saturated rings. The van der Waals surface area contributed by atoms with Crippen LogP contribution in [0.1, 0.15) is 47.5 Å². The number of nitrogens with zero attached hydrogens (tertiary/aromatic N) is 3. The molecule has 0 aliphatic rings. The van der Waals surface area contributed by atoms with Crippen molar-refractivity contribution in [2.75, 3.05) is 33.3 Å². The monoisotopic (exact) mass is 286 g/mol. The second-order valence-electron chi connectivity index (χ2n) is 4.67. The molecule has 5 heteroatoms. The zero-order valence-corrected chi connectivity index (χ0v) is 14.2. The van der Waals surface area contributed by atoms with E-state index in [1.807, 2.05) is 27.7 Å². The summed E-state index contributed by atoms with van der Waals surface area (Å²) < 4.78 is 5.43. The van der Waals surface area contributed by atoms with Gasteiger partial charge in [0.2, 0.25) is 0 Å². The van der Waals surface area contributed by atoms with Crippen LogP contribution in [0.25, 0.3) is 0 Å². The first kappa shape index (κ1) is 21.4. The third-order valence-corrected chi connectivity index (χ3v) is 2.33. The lowest BCUT2D eigenvalue weighted by Crippen LogP contribution is -2.28. The van der Waals surface area contributed by atoms with Gasteiger partial charge in [0, 0.05) is 25.9 Å². The zero-order valence-electron chi connectivity index (χ0n) is 14.2. The van der Waals surface area contributed by atoms with Crippen molar-refractivity contribution in [2.45, 2.75) is 53.6 Å². The molecule has 0 saturated carbocycles. The van der Waals surface area contributed by atoms with E-state index in [2.05, 4.69) is 29.0 Å². The smallest absolute Gasteiger partial charge is 0.0918 e. The molecular formula is C15H34N4O. The van der Waals surface area contributed by atoms with Gasteiger partial charge in [0.25, 0.3) is 0 Å². The van der Waals surface area contributed by atoms with Gasteiger partial charge in [-0.15, -0.1) is 0 Å². The summed E-state index contributed by atoms with van der Waals surface area (Å²) in [6, 6.07) is 0. The molecule has 0 aromatic heterocycles. The van der Waals surface area contributed by atoms with Crippen LogP contribution >= 0.6 is 0 Å². The average molecular weight is 286 g/mol. The fourth-order valence-electron chi connectivity index (χ4n) is 1.50. The van der Waals surface area contributed by atoms with Crippen molar-refractivity contribution >= 4 is 11.9 Å². The molecule has 20 heavy (non-hydrogen) atoms. The lowest BCUT2D eigenvalue weighted by Gasteiger charge is -2.14. The highest BCUT2D eigenvalue weighted by Gasteiger charge is 2.01. The average Bonchev–Trinajstić information content (AvgIpc) is 2.43. The number of hydrogen-bond donors (Lipinski definition) is 1. The number of aliphatic imine (C=N–C) groups is 1. The molecule has 0 saturated heterocycles. The third kappa shape index (κ3) is 15.1. The van der Waals surface area contributed by atoms with Gasteiger partial charge in [0.1, 0.15) is 0 Å². The first-order chi connectivity index (χ1) is 9.60. The van der Waals surface area contributed by atoms with E-state index >= 15 is 0 Å². The molecule has 0 aromatic carbocycles. The molecule has 0 atom stereocenters. The van der Waals surface area contributed by atoms with Gasteiger partial charge in [0.15, 0.2) is 0 Å². The van der Waals surface area contributed by atoms with Crippen LogP contribution in [-0.4, -0.2) is 56.2 Å². The Morgan fingerprint density at radius 3 is 2.50 bits per heavy atom. The SMILES string of the molecule is CC.CCCN(C)C/C(C=NCCCOC(C)C)=N/N. The Morgan fingerprint density at radius 1 is 1.35 bits per heavy atom. The molecular weight excluding hydrogens is 252 g/mol. The summed E-state index contributed by atoms with van der Waals surface area (Å²) in [5.74, 6) is 5.34. The van der Waals surface area contributed by atoms with Crippen LogP contribution < -0.4 is 5.84 Å². The minimum absolute atomic E-state index is 0.290. The predicted molar refractivity (Wildman–Crippen MR) is 89.8 cm³/mol. The van der Waals surface area contributed by atoms with Crippen molar-refractivity contribution in [2.24, 2.45) is 15.9 Å². The summed E-state index contributed by atoms with van der Waals surface area (Å²) >= 11 is 0. The lowest BCUT2D eigenvalue weighted by molar-refractivity contribution is 0.0783. The van der Waals surface area contributed by atoms with Crippen LogP contribution in [0.15, 0.2) is 10.1 Å². The van der Waals surface area contributed by atoms with Crippen LogP contribution in [0.5, 0.6) is 0 Å². The maximum absolute atomic E-state index is 5.43. The molecule has 0 aliphatic carbocycles. The summed E-state index contributed by atoms with van der Waals surface area (Å²) in [7, 11) is 2.05. The highest BCUT2D eigenvalue weighted by atomic mass is 16.5. The Kier molecular flexibility index (Phi) is 17.2. The van der Waals surface area contributed by atoms with Crippen LogP contribution in [-0.2, 0) is 4.74 Å². The van der Waals surface area contributed by atoms with Gasteiger partial charge in [-0.25, -0.2) is 0 Å². The molecule has 0 spiro atoms. The summed E-state index contributed by atoms with van der Waals surface area (Å²) in [4.78, 5) is 6.49. The minimum atomic E-state index is 0.290. The Labute approximate surface area is 125 Å². The standard InChI is InChI=1S/C13H28N4O.C2H6/c1-5-8-17(4)11-13(16-14)10-15-7-6-9-18-12(2)3;1-2/h10,12H,5-9,11,14H2,1-4H3;1-2H3/b15-10?,16-13+;. The molecule has 0 rings (SSSR count). The highest BCUT2D eigenvalue weighted by molar-refractivity contribution is 6.31. The topological polar surface area (TPSA) is 63.2 Å². The third-order valence-electron chi connectivity index (χ3n) is 2.33. The van der Waals surface area contributed by atoms with Crippen molar-refractivity contribution in [3.05, 3.63) is 0 Å². The van der Waals surface area contributed by atoms with E-state index in [0.717, 1.165) is 44.8 Å². The molecule has 5 nitrogen and oxygen atoms in total. The second-order valence-corrected chi connectivity index (χ2v) is 4.67. The highest BCUT2D eigenvalue weighted by Crippen LogP contribution is 1.91. The van der Waals surface area contributed by atoms with E-state index in [1.54, 1.807) is 6.21 Å². The van der Waals surface area contributed by atoms with Gasteiger partial charge in [0.05, 0.1) is 11.8 Å². The maximum atomic E-state index is 5.43. The fourth-order valence-corrected chi connectivity index (χ4v) is 1.50. The van der Waals surface area contributed by atoms with Crippen LogP contribution in [0.2, 0.25) is 0 Å². The first-order valence-corrected chi connectivity index (χ1v) is 7.66. The van der Waals surface area contributed by atoms with Crippen LogP contribution in [0.4, 0.5) is 0 Å².